The molecule has 1 aromatic heterocycles. The molecule has 0 aliphatic rings. The third-order valence-electron chi connectivity index (χ3n) is 3.93. The van der Waals surface area contributed by atoms with E-state index < -0.39 is 0 Å². The predicted molar refractivity (Wildman–Crippen MR) is 90.6 cm³/mol. The van der Waals surface area contributed by atoms with Crippen LogP contribution in [0.3, 0.4) is 0 Å². The molecule has 4 heteroatoms. The lowest BCUT2D eigenvalue weighted by atomic mass is 9.89. The molecule has 0 saturated heterocycles. The van der Waals surface area contributed by atoms with E-state index in [9.17, 15) is 0 Å². The van der Waals surface area contributed by atoms with Gasteiger partial charge in [-0.25, -0.2) is 0 Å². The van der Waals surface area contributed by atoms with E-state index in [0.717, 1.165) is 13.1 Å². The van der Waals surface area contributed by atoms with Crippen LogP contribution in [-0.4, -0.2) is 40.9 Å². The number of aryl methyl sites for hydroxylation is 1. The van der Waals surface area contributed by atoms with Crippen LogP contribution in [0.4, 0.5) is 0 Å². The van der Waals surface area contributed by atoms with Gasteiger partial charge in [0.1, 0.15) is 0 Å². The average molecular weight is 294 g/mol. The zero-order valence-corrected chi connectivity index (χ0v) is 15.0. The topological polar surface area (TPSA) is 33.1 Å². The molecule has 4 nitrogen and oxygen atoms in total. The van der Waals surface area contributed by atoms with Crippen molar-refractivity contribution in [3.8, 4) is 0 Å². The van der Waals surface area contributed by atoms with Gasteiger partial charge in [-0.05, 0) is 46.8 Å². The van der Waals surface area contributed by atoms with Gasteiger partial charge in [0, 0.05) is 36.8 Å². The summed E-state index contributed by atoms with van der Waals surface area (Å²) >= 11 is 0. The minimum absolute atomic E-state index is 0.109. The Hall–Kier alpha value is -0.870. The minimum Gasteiger partial charge on any atom is -0.313 e. The summed E-state index contributed by atoms with van der Waals surface area (Å²) in [4.78, 5) is 2.40. The summed E-state index contributed by atoms with van der Waals surface area (Å²) in [6, 6.07) is 0.641. The third kappa shape index (κ3) is 6.18. The SMILES string of the molecule is CC(C)N(C)CCCCNCc1cn(C)nc1C(C)(C)C. The smallest absolute Gasteiger partial charge is 0.0722 e. The third-order valence-corrected chi connectivity index (χ3v) is 3.93. The van der Waals surface area contributed by atoms with Crippen molar-refractivity contribution < 1.29 is 0 Å². The maximum absolute atomic E-state index is 4.61. The van der Waals surface area contributed by atoms with E-state index in [1.165, 1.54) is 30.6 Å². The van der Waals surface area contributed by atoms with Crippen LogP contribution < -0.4 is 5.32 Å². The highest BCUT2D eigenvalue weighted by Gasteiger charge is 2.21. The maximum atomic E-state index is 4.61. The van der Waals surface area contributed by atoms with Crippen LogP contribution in [0.15, 0.2) is 6.20 Å². The first-order chi connectivity index (χ1) is 9.71. The largest absolute Gasteiger partial charge is 0.313 e. The molecule has 0 radical (unpaired) electrons. The molecule has 1 aromatic rings. The Balaban J connectivity index is 2.31. The average Bonchev–Trinajstić information content (AvgIpc) is 2.74. The van der Waals surface area contributed by atoms with Crippen molar-refractivity contribution >= 4 is 0 Å². The zero-order valence-electron chi connectivity index (χ0n) is 15.0. The molecule has 0 unspecified atom stereocenters. The summed E-state index contributed by atoms with van der Waals surface area (Å²) in [5, 5.41) is 8.17. The summed E-state index contributed by atoms with van der Waals surface area (Å²) in [7, 11) is 4.20. The number of aromatic nitrogens is 2. The molecule has 21 heavy (non-hydrogen) atoms. The quantitative estimate of drug-likeness (QED) is 0.748. The van der Waals surface area contributed by atoms with Crippen molar-refractivity contribution in [1.82, 2.24) is 20.0 Å². The van der Waals surface area contributed by atoms with Crippen molar-refractivity contribution in [2.24, 2.45) is 7.05 Å². The normalized spacial score (nSPS) is 12.6. The Kier molecular flexibility index (Phi) is 6.88. The van der Waals surface area contributed by atoms with Gasteiger partial charge in [-0.3, -0.25) is 4.68 Å². The molecule has 122 valence electrons. The summed E-state index contributed by atoms with van der Waals surface area (Å²) in [6.45, 7) is 14.3. The van der Waals surface area contributed by atoms with Gasteiger partial charge in [0.2, 0.25) is 0 Å². The second-order valence-electron chi connectivity index (χ2n) is 7.38. The minimum atomic E-state index is 0.109. The van der Waals surface area contributed by atoms with Crippen LogP contribution in [0.5, 0.6) is 0 Å². The Bertz CT molecular complexity index is 415. The van der Waals surface area contributed by atoms with Gasteiger partial charge in [0.05, 0.1) is 5.69 Å². The second kappa shape index (κ2) is 7.95. The molecule has 0 aromatic carbocycles. The summed E-state index contributed by atoms with van der Waals surface area (Å²) in [5.41, 5.74) is 2.64. The van der Waals surface area contributed by atoms with E-state index in [1.54, 1.807) is 0 Å². The summed E-state index contributed by atoms with van der Waals surface area (Å²) in [5.74, 6) is 0. The molecule has 0 amide bonds. The van der Waals surface area contributed by atoms with Crippen LogP contribution >= 0.6 is 0 Å². The van der Waals surface area contributed by atoms with Gasteiger partial charge < -0.3 is 10.2 Å². The monoisotopic (exact) mass is 294 g/mol. The zero-order chi connectivity index (χ0) is 16.0. The van der Waals surface area contributed by atoms with Crippen molar-refractivity contribution in [3.05, 3.63) is 17.5 Å². The maximum Gasteiger partial charge on any atom is 0.0722 e. The van der Waals surface area contributed by atoms with Crippen LogP contribution in [-0.2, 0) is 19.0 Å². The van der Waals surface area contributed by atoms with Gasteiger partial charge in [-0.2, -0.15) is 5.10 Å². The van der Waals surface area contributed by atoms with E-state index in [0.29, 0.717) is 6.04 Å². The summed E-state index contributed by atoms with van der Waals surface area (Å²) in [6.07, 6.45) is 4.61. The molecular weight excluding hydrogens is 260 g/mol. The van der Waals surface area contributed by atoms with Gasteiger partial charge in [0.25, 0.3) is 0 Å². The highest BCUT2D eigenvalue weighted by atomic mass is 15.3. The van der Waals surface area contributed by atoms with Crippen LogP contribution in [0, 0.1) is 0 Å². The number of rotatable bonds is 8. The van der Waals surface area contributed by atoms with E-state index in [1.807, 2.05) is 11.7 Å². The lowest BCUT2D eigenvalue weighted by molar-refractivity contribution is 0.268. The first-order valence-corrected chi connectivity index (χ1v) is 8.15. The predicted octanol–water partition coefficient (Wildman–Crippen LogP) is 2.93. The molecule has 0 saturated carbocycles. The fraction of sp³-hybridized carbons (Fsp3) is 0.824. The second-order valence-corrected chi connectivity index (χ2v) is 7.38. The van der Waals surface area contributed by atoms with E-state index in [2.05, 4.69) is 63.2 Å². The molecule has 1 N–H and O–H groups in total. The Morgan fingerprint density at radius 3 is 2.52 bits per heavy atom. The number of hydrogen-bond donors (Lipinski definition) is 1. The van der Waals surface area contributed by atoms with Gasteiger partial charge in [0.15, 0.2) is 0 Å². The van der Waals surface area contributed by atoms with Gasteiger partial charge in [-0.1, -0.05) is 20.8 Å². The standard InChI is InChI=1S/C17H34N4/c1-14(2)20(6)11-9-8-10-18-12-15-13-21(7)19-16(15)17(3,4)5/h13-14,18H,8-12H2,1-7H3. The highest BCUT2D eigenvalue weighted by molar-refractivity contribution is 5.23. The Labute approximate surface area is 130 Å². The van der Waals surface area contributed by atoms with Crippen LogP contribution in [0.25, 0.3) is 0 Å². The van der Waals surface area contributed by atoms with Crippen molar-refractivity contribution in [2.75, 3.05) is 20.1 Å². The summed E-state index contributed by atoms with van der Waals surface area (Å²) < 4.78 is 1.93. The lowest BCUT2D eigenvalue weighted by Gasteiger charge is -2.20. The molecular formula is C17H34N4. The number of hydrogen-bond acceptors (Lipinski definition) is 3. The van der Waals surface area contributed by atoms with E-state index >= 15 is 0 Å². The van der Waals surface area contributed by atoms with E-state index in [-0.39, 0.29) is 5.41 Å². The molecule has 0 atom stereocenters. The van der Waals surface area contributed by atoms with Gasteiger partial charge >= 0.3 is 0 Å². The first kappa shape index (κ1) is 18.2. The van der Waals surface area contributed by atoms with E-state index in [4.69, 9.17) is 0 Å². The van der Waals surface area contributed by atoms with Crippen molar-refractivity contribution in [3.63, 3.8) is 0 Å². The van der Waals surface area contributed by atoms with Crippen molar-refractivity contribution in [1.29, 1.82) is 0 Å². The molecule has 1 heterocycles. The molecule has 0 spiro atoms. The van der Waals surface area contributed by atoms with Crippen LogP contribution in [0.1, 0.15) is 58.7 Å². The molecule has 0 aliphatic carbocycles. The Morgan fingerprint density at radius 1 is 1.29 bits per heavy atom. The molecule has 0 aliphatic heterocycles. The van der Waals surface area contributed by atoms with Crippen LogP contribution in [0.2, 0.25) is 0 Å². The first-order valence-electron chi connectivity index (χ1n) is 8.15. The fourth-order valence-electron chi connectivity index (χ4n) is 2.39. The molecule has 1 rings (SSSR count). The van der Waals surface area contributed by atoms with Crippen molar-refractivity contribution in [2.45, 2.75) is 65.5 Å². The molecule has 0 fully saturated rings. The highest BCUT2D eigenvalue weighted by Crippen LogP contribution is 2.23. The molecule has 0 bridgehead atoms. The number of nitrogens with zero attached hydrogens (tertiary/aromatic N) is 3. The number of unbranched alkanes of at least 4 members (excludes halogenated alkanes) is 1. The fourth-order valence-corrected chi connectivity index (χ4v) is 2.39. The lowest BCUT2D eigenvalue weighted by Crippen LogP contribution is -2.28. The number of nitrogens with one attached hydrogen (secondary N) is 1. The Morgan fingerprint density at radius 2 is 1.95 bits per heavy atom. The van der Waals surface area contributed by atoms with Gasteiger partial charge in [-0.15, -0.1) is 0 Å².